The van der Waals surface area contributed by atoms with Crippen LogP contribution in [-0.2, 0) is 21.8 Å². The first-order chi connectivity index (χ1) is 6.42. The average Bonchev–Trinajstić information content (AvgIpc) is 2.76. The maximum Gasteiger partial charge on any atom is -1.00 e. The Kier molecular flexibility index (Phi) is 5.13. The minimum atomic E-state index is -1.31. The van der Waals surface area contributed by atoms with Crippen molar-refractivity contribution in [3.63, 3.8) is 0 Å². The molecule has 0 aromatic rings. The Morgan fingerprint density at radius 2 is 1.57 bits per heavy atom. The number of rotatable bonds is 3. The summed E-state index contributed by atoms with van der Waals surface area (Å²) in [6.07, 6.45) is 16.3. The molecule has 0 aromatic carbocycles. The molecule has 74 valence electrons. The van der Waals surface area contributed by atoms with Crippen molar-refractivity contribution in [3.05, 3.63) is 43.0 Å². The van der Waals surface area contributed by atoms with Gasteiger partial charge in [0.1, 0.15) is 0 Å². The van der Waals surface area contributed by atoms with Crippen LogP contribution < -0.4 is 12.4 Å². The maximum absolute atomic E-state index is 2.37. The van der Waals surface area contributed by atoms with Crippen molar-refractivity contribution in [3.8, 4) is 0 Å². The van der Waals surface area contributed by atoms with Gasteiger partial charge < -0.3 is 12.4 Å². The molecule has 0 radical (unpaired) electrons. The molecule has 0 amide bonds. The predicted molar refractivity (Wildman–Crippen MR) is 54.2 cm³/mol. The first-order valence-electron chi connectivity index (χ1n) is 4.99. The molecule has 0 atom stereocenters. The molecule has 0 N–H and O–H groups in total. The standard InChI is InChI=1S/2C5H5.C2H5.ClH.Zr/c2*1-2-4-5-3-1;1-2;;/h2*1-3H,4H2;1H2,2H3;1H;/q;;;;+1/p-1. The molecule has 0 saturated carbocycles. The first kappa shape index (κ1) is 12.2. The molecule has 2 aliphatic rings. The number of allylic oxidation sites excluding steroid dienone is 8. The molecule has 0 bridgehead atoms. The van der Waals surface area contributed by atoms with Gasteiger partial charge in [0.15, 0.2) is 0 Å². The average molecular weight is 286 g/mol. The second-order valence-corrected chi connectivity index (χ2v) is 10.7. The topological polar surface area (TPSA) is 0 Å². The summed E-state index contributed by atoms with van der Waals surface area (Å²) in [4.78, 5) is 0. The van der Waals surface area contributed by atoms with Gasteiger partial charge in [-0.25, -0.2) is 0 Å². The van der Waals surface area contributed by atoms with Crippen molar-refractivity contribution < 1.29 is 34.2 Å². The normalized spacial score (nSPS) is 17.8. The Balaban J connectivity index is 0.000000980. The summed E-state index contributed by atoms with van der Waals surface area (Å²) in [6.45, 7) is 2.37. The maximum atomic E-state index is 2.37. The van der Waals surface area contributed by atoms with Gasteiger partial charge in [-0.05, 0) is 0 Å². The van der Waals surface area contributed by atoms with Crippen LogP contribution in [0.4, 0.5) is 0 Å². The summed E-state index contributed by atoms with van der Waals surface area (Å²) in [7, 11) is 0. The molecule has 2 heteroatoms. The van der Waals surface area contributed by atoms with Crippen molar-refractivity contribution in [2.75, 3.05) is 0 Å². The van der Waals surface area contributed by atoms with Crippen LogP contribution in [0.25, 0.3) is 0 Å². The summed E-state index contributed by atoms with van der Waals surface area (Å²) < 4.78 is 5.02. The Hall–Kier alpha value is 0.133. The van der Waals surface area contributed by atoms with Crippen LogP contribution >= 0.6 is 0 Å². The third kappa shape index (κ3) is 2.58. The third-order valence-electron chi connectivity index (χ3n) is 2.67. The van der Waals surface area contributed by atoms with E-state index in [1.807, 2.05) is 0 Å². The van der Waals surface area contributed by atoms with Gasteiger partial charge in [0, 0.05) is 0 Å². The number of halogens is 1. The molecule has 0 spiro atoms. The Bertz CT molecular complexity index is 280. The second kappa shape index (κ2) is 5.88. The van der Waals surface area contributed by atoms with Crippen LogP contribution in [0.1, 0.15) is 19.8 Å². The molecular formula is C12H15ClZr. The fourth-order valence-corrected chi connectivity index (χ4v) is 8.50. The van der Waals surface area contributed by atoms with Gasteiger partial charge in [-0.2, -0.15) is 0 Å². The molecule has 0 unspecified atom stereocenters. The monoisotopic (exact) mass is 284 g/mol. The van der Waals surface area contributed by atoms with Crippen molar-refractivity contribution in [2.45, 2.75) is 23.9 Å². The molecule has 0 heterocycles. The number of hydrogen-bond donors (Lipinski definition) is 0. The van der Waals surface area contributed by atoms with Crippen LogP contribution in [0.5, 0.6) is 0 Å². The second-order valence-electron chi connectivity index (χ2n) is 3.48. The van der Waals surface area contributed by atoms with E-state index < -0.39 is 21.8 Å². The van der Waals surface area contributed by atoms with E-state index in [1.54, 1.807) is 6.56 Å². The van der Waals surface area contributed by atoms with Gasteiger partial charge >= 0.3 is 88.7 Å². The minimum absolute atomic E-state index is 0. The molecule has 2 rings (SSSR count). The largest absolute Gasteiger partial charge is 1.00 e. The molecule has 0 saturated heterocycles. The van der Waals surface area contributed by atoms with Crippen molar-refractivity contribution >= 4 is 0 Å². The zero-order valence-corrected chi connectivity index (χ0v) is 11.7. The van der Waals surface area contributed by atoms with Crippen molar-refractivity contribution in [1.82, 2.24) is 0 Å². The van der Waals surface area contributed by atoms with Gasteiger partial charge in [-0.1, -0.05) is 0 Å². The zero-order valence-electron chi connectivity index (χ0n) is 8.46. The quantitative estimate of drug-likeness (QED) is 0.717. The molecule has 0 aliphatic heterocycles. The van der Waals surface area contributed by atoms with Crippen LogP contribution in [0.3, 0.4) is 0 Å². The summed E-state index contributed by atoms with van der Waals surface area (Å²) in [6, 6.07) is 0. The fraction of sp³-hybridized carbons (Fsp3) is 0.333. The van der Waals surface area contributed by atoms with Crippen LogP contribution in [0.2, 0.25) is 4.13 Å². The van der Waals surface area contributed by atoms with E-state index in [1.165, 1.54) is 17.0 Å². The third-order valence-corrected chi connectivity index (χ3v) is 10.0. The van der Waals surface area contributed by atoms with E-state index in [4.69, 9.17) is 0 Å². The summed E-state index contributed by atoms with van der Waals surface area (Å²) >= 11 is -1.31. The van der Waals surface area contributed by atoms with Crippen LogP contribution in [0.15, 0.2) is 43.0 Å². The summed E-state index contributed by atoms with van der Waals surface area (Å²) in [5.74, 6) is 0. The van der Waals surface area contributed by atoms with Crippen molar-refractivity contribution in [2.24, 2.45) is 0 Å². The van der Waals surface area contributed by atoms with E-state index in [0.29, 0.717) is 0 Å². The van der Waals surface area contributed by atoms with Gasteiger partial charge in [-0.3, -0.25) is 0 Å². The van der Waals surface area contributed by atoms with Gasteiger partial charge in [0.25, 0.3) is 0 Å². The first-order valence-corrected chi connectivity index (χ1v) is 9.19. The van der Waals surface area contributed by atoms with E-state index in [0.717, 1.165) is 0 Å². The SMILES string of the molecule is C[CH2][Zr+]([C]1=CC=CC1)[C]1=CC=CC1.[Cl-]. The Morgan fingerprint density at radius 3 is 1.86 bits per heavy atom. The van der Waals surface area contributed by atoms with E-state index in [2.05, 4.69) is 43.4 Å². The van der Waals surface area contributed by atoms with Crippen molar-refractivity contribution in [1.29, 1.82) is 0 Å². The molecule has 0 fully saturated rings. The molecular weight excluding hydrogens is 271 g/mol. The molecule has 0 aromatic heterocycles. The fourth-order valence-electron chi connectivity index (χ4n) is 2.00. The number of hydrogen-bond acceptors (Lipinski definition) is 0. The molecule has 14 heavy (non-hydrogen) atoms. The van der Waals surface area contributed by atoms with E-state index >= 15 is 0 Å². The van der Waals surface area contributed by atoms with E-state index in [-0.39, 0.29) is 12.4 Å². The van der Waals surface area contributed by atoms with Crippen LogP contribution in [-0.4, -0.2) is 0 Å². The smallest absolute Gasteiger partial charge is 1.00 e. The van der Waals surface area contributed by atoms with E-state index in [9.17, 15) is 0 Å². The summed E-state index contributed by atoms with van der Waals surface area (Å²) in [5, 5.41) is 0. The molecule has 0 nitrogen and oxygen atoms in total. The van der Waals surface area contributed by atoms with Gasteiger partial charge in [0.2, 0.25) is 0 Å². The predicted octanol–water partition coefficient (Wildman–Crippen LogP) is 0.734. The molecule has 2 aliphatic carbocycles. The van der Waals surface area contributed by atoms with Gasteiger partial charge in [0.05, 0.1) is 0 Å². The van der Waals surface area contributed by atoms with Crippen LogP contribution in [0, 0.1) is 0 Å². The zero-order chi connectivity index (χ0) is 9.10. The Labute approximate surface area is 101 Å². The Morgan fingerprint density at radius 1 is 1.07 bits per heavy atom. The summed E-state index contributed by atoms with van der Waals surface area (Å²) in [5.41, 5.74) is 0. The minimum Gasteiger partial charge on any atom is -1.00 e. The van der Waals surface area contributed by atoms with Gasteiger partial charge in [-0.15, -0.1) is 0 Å².